The number of aromatic nitrogens is 2. The number of nitrogens with zero attached hydrogens (tertiary/aromatic N) is 2. The van der Waals surface area contributed by atoms with Crippen molar-refractivity contribution in [3.63, 3.8) is 0 Å². The largest absolute Gasteiger partial charge is 0.311 e. The van der Waals surface area contributed by atoms with Crippen LogP contribution in [0.3, 0.4) is 0 Å². The molecule has 1 N–H and O–H groups in total. The molecule has 0 spiro atoms. The summed E-state index contributed by atoms with van der Waals surface area (Å²) in [5.41, 5.74) is 2.35. The Balaban J connectivity index is 1.62. The van der Waals surface area contributed by atoms with Crippen LogP contribution in [0.5, 0.6) is 0 Å². The summed E-state index contributed by atoms with van der Waals surface area (Å²) in [6, 6.07) is 16.9. The highest BCUT2D eigenvalue weighted by Gasteiger charge is 2.19. The summed E-state index contributed by atoms with van der Waals surface area (Å²) >= 11 is 12.6. The van der Waals surface area contributed by atoms with Gasteiger partial charge in [0.05, 0.1) is 16.4 Å². The lowest BCUT2D eigenvalue weighted by Crippen LogP contribution is -2.15. The van der Waals surface area contributed by atoms with E-state index >= 15 is 0 Å². The Labute approximate surface area is 180 Å². The normalized spacial score (nSPS) is 14.3. The Hall–Kier alpha value is -2.30. The maximum absolute atomic E-state index is 12.6. The lowest BCUT2D eigenvalue weighted by molar-refractivity contribution is -0.116. The van der Waals surface area contributed by atoms with Gasteiger partial charge in [0.15, 0.2) is 0 Å². The van der Waals surface area contributed by atoms with Gasteiger partial charge in [-0.15, -0.1) is 0 Å². The van der Waals surface area contributed by atoms with Crippen LogP contribution in [0.15, 0.2) is 54.6 Å². The number of benzene rings is 2. The zero-order valence-corrected chi connectivity index (χ0v) is 17.6. The number of hydrogen-bond donors (Lipinski definition) is 1. The molecule has 6 heteroatoms. The molecule has 0 aliphatic heterocycles. The van der Waals surface area contributed by atoms with Gasteiger partial charge in [-0.05, 0) is 30.5 Å². The van der Waals surface area contributed by atoms with E-state index in [-0.39, 0.29) is 5.91 Å². The fraction of sp³-hybridized carbons (Fsp3) is 0.304. The highest BCUT2D eigenvalue weighted by molar-refractivity contribution is 6.34. The molecule has 3 aromatic rings. The number of nitrogens with one attached hydrogen (secondary N) is 1. The molecule has 150 valence electrons. The number of anilines is 1. The second-order valence-electron chi connectivity index (χ2n) is 7.53. The number of hydrogen-bond acceptors (Lipinski definition) is 2. The average Bonchev–Trinajstić information content (AvgIpc) is 3.39. The maximum atomic E-state index is 12.6. The van der Waals surface area contributed by atoms with Crippen molar-refractivity contribution in [1.82, 2.24) is 9.78 Å². The number of halogens is 2. The predicted molar refractivity (Wildman–Crippen MR) is 119 cm³/mol. The van der Waals surface area contributed by atoms with Gasteiger partial charge in [-0.1, -0.05) is 79.2 Å². The minimum atomic E-state index is -0.00388. The molecule has 4 rings (SSSR count). The molecular formula is C23H23Cl2N3O. The summed E-state index contributed by atoms with van der Waals surface area (Å²) in [4.78, 5) is 12.6. The molecule has 0 unspecified atom stereocenters. The zero-order valence-electron chi connectivity index (χ0n) is 16.1. The summed E-state index contributed by atoms with van der Waals surface area (Å²) in [7, 11) is 0. The van der Waals surface area contributed by atoms with E-state index in [4.69, 9.17) is 28.3 Å². The Kier molecular flexibility index (Phi) is 6.22. The Morgan fingerprint density at radius 3 is 2.59 bits per heavy atom. The van der Waals surface area contributed by atoms with Crippen LogP contribution in [0.2, 0.25) is 10.0 Å². The second-order valence-corrected chi connectivity index (χ2v) is 8.37. The van der Waals surface area contributed by atoms with Crippen LogP contribution in [-0.4, -0.2) is 15.7 Å². The van der Waals surface area contributed by atoms with E-state index in [1.807, 2.05) is 36.4 Å². The van der Waals surface area contributed by atoms with Crippen LogP contribution in [0.25, 0.3) is 16.9 Å². The first-order chi connectivity index (χ1) is 14.1. The monoisotopic (exact) mass is 427 g/mol. The van der Waals surface area contributed by atoms with E-state index < -0.39 is 0 Å². The van der Waals surface area contributed by atoms with E-state index in [9.17, 15) is 4.79 Å². The zero-order chi connectivity index (χ0) is 20.2. The van der Waals surface area contributed by atoms with Crippen molar-refractivity contribution in [2.24, 2.45) is 5.92 Å². The van der Waals surface area contributed by atoms with Gasteiger partial charge in [-0.25, -0.2) is 4.68 Å². The van der Waals surface area contributed by atoms with Crippen molar-refractivity contribution >= 4 is 34.9 Å². The maximum Gasteiger partial charge on any atom is 0.225 e. The van der Waals surface area contributed by atoms with Crippen molar-refractivity contribution in [2.75, 3.05) is 5.32 Å². The van der Waals surface area contributed by atoms with E-state index in [1.165, 1.54) is 25.7 Å². The molecule has 0 atom stereocenters. The first-order valence-electron chi connectivity index (χ1n) is 10.0. The second kappa shape index (κ2) is 9.02. The van der Waals surface area contributed by atoms with Crippen molar-refractivity contribution in [1.29, 1.82) is 0 Å². The summed E-state index contributed by atoms with van der Waals surface area (Å²) in [5.74, 6) is 1.26. The summed E-state index contributed by atoms with van der Waals surface area (Å²) < 4.78 is 1.66. The van der Waals surface area contributed by atoms with Crippen molar-refractivity contribution in [2.45, 2.75) is 38.5 Å². The van der Waals surface area contributed by atoms with E-state index in [0.29, 0.717) is 33.9 Å². The first kappa shape index (κ1) is 20.0. The van der Waals surface area contributed by atoms with E-state index in [2.05, 4.69) is 5.32 Å². The fourth-order valence-corrected chi connectivity index (χ4v) is 4.26. The molecule has 1 fully saturated rings. The van der Waals surface area contributed by atoms with Gasteiger partial charge < -0.3 is 5.32 Å². The molecule has 1 aliphatic carbocycles. The summed E-state index contributed by atoms with van der Waals surface area (Å²) in [6.45, 7) is 0. The number of carbonyl (C=O) groups is 1. The van der Waals surface area contributed by atoms with Crippen LogP contribution in [0.1, 0.15) is 38.5 Å². The van der Waals surface area contributed by atoms with Gasteiger partial charge in [-0.3, -0.25) is 4.79 Å². The van der Waals surface area contributed by atoms with Crippen molar-refractivity contribution in [3.05, 3.63) is 64.6 Å². The third-order valence-corrected chi connectivity index (χ3v) is 5.99. The van der Waals surface area contributed by atoms with Gasteiger partial charge in [0.25, 0.3) is 0 Å². The van der Waals surface area contributed by atoms with Gasteiger partial charge in [0, 0.05) is 23.1 Å². The van der Waals surface area contributed by atoms with Crippen molar-refractivity contribution in [3.8, 4) is 16.9 Å². The topological polar surface area (TPSA) is 46.9 Å². The van der Waals surface area contributed by atoms with Crippen LogP contribution in [0.4, 0.5) is 5.82 Å². The molecule has 1 heterocycles. The third kappa shape index (κ3) is 4.82. The summed E-state index contributed by atoms with van der Waals surface area (Å²) in [5, 5.41) is 8.80. The SMILES string of the molecule is O=C(CCC1CCCC1)Nc1cc(-c2ccccc2)nn1-c1cc(Cl)ccc1Cl. The molecule has 2 aromatic carbocycles. The molecule has 29 heavy (non-hydrogen) atoms. The highest BCUT2D eigenvalue weighted by Crippen LogP contribution is 2.31. The Bertz CT molecular complexity index is 995. The molecule has 1 aromatic heterocycles. The van der Waals surface area contributed by atoms with Crippen LogP contribution in [-0.2, 0) is 4.79 Å². The van der Waals surface area contributed by atoms with Gasteiger partial charge in [-0.2, -0.15) is 5.10 Å². The molecule has 1 saturated carbocycles. The van der Waals surface area contributed by atoms with Gasteiger partial charge >= 0.3 is 0 Å². The predicted octanol–water partition coefficient (Wildman–Crippen LogP) is 6.76. The molecule has 0 saturated heterocycles. The summed E-state index contributed by atoms with van der Waals surface area (Å²) in [6.07, 6.45) is 6.49. The minimum Gasteiger partial charge on any atom is -0.311 e. The quantitative estimate of drug-likeness (QED) is 0.472. The average molecular weight is 428 g/mol. The fourth-order valence-electron chi connectivity index (χ4n) is 3.89. The Morgan fingerprint density at radius 2 is 1.83 bits per heavy atom. The smallest absolute Gasteiger partial charge is 0.225 e. The Morgan fingerprint density at radius 1 is 1.07 bits per heavy atom. The first-order valence-corrected chi connectivity index (χ1v) is 10.8. The van der Waals surface area contributed by atoms with Crippen molar-refractivity contribution < 1.29 is 4.79 Å². The van der Waals surface area contributed by atoms with Crippen LogP contribution >= 0.6 is 23.2 Å². The lowest BCUT2D eigenvalue weighted by Gasteiger charge is -2.12. The van der Waals surface area contributed by atoms with Gasteiger partial charge in [0.2, 0.25) is 5.91 Å². The molecule has 0 bridgehead atoms. The number of carbonyl (C=O) groups excluding carboxylic acids is 1. The van der Waals surface area contributed by atoms with Crippen LogP contribution in [0, 0.1) is 5.92 Å². The third-order valence-electron chi connectivity index (χ3n) is 5.44. The van der Waals surface area contributed by atoms with Crippen LogP contribution < -0.4 is 5.32 Å². The molecule has 0 radical (unpaired) electrons. The lowest BCUT2D eigenvalue weighted by atomic mass is 10.0. The van der Waals surface area contributed by atoms with E-state index in [1.54, 1.807) is 22.9 Å². The van der Waals surface area contributed by atoms with E-state index in [0.717, 1.165) is 17.7 Å². The molecule has 1 amide bonds. The minimum absolute atomic E-state index is 0.00388. The highest BCUT2D eigenvalue weighted by atomic mass is 35.5. The van der Waals surface area contributed by atoms with Gasteiger partial charge in [0.1, 0.15) is 5.82 Å². The molecular weight excluding hydrogens is 405 g/mol. The molecule has 1 aliphatic rings. The molecule has 4 nitrogen and oxygen atoms in total. The number of amides is 1. The number of rotatable bonds is 6. The standard InChI is InChI=1S/C23H23Cl2N3O/c24-18-11-12-19(25)21(14-18)28-22(15-20(27-28)17-8-2-1-3-9-17)26-23(29)13-10-16-6-4-5-7-16/h1-3,8-9,11-12,14-16H,4-7,10,13H2,(H,26,29).